The number of carbonyl (C=O) groups excluding carboxylic acids is 1. The Balaban J connectivity index is 2.16. The molecule has 7 nitrogen and oxygen atoms in total. The Kier molecular flexibility index (Phi) is 4.82. The Morgan fingerprint density at radius 3 is 2.90 bits per heavy atom. The molecule has 1 saturated heterocycles. The summed E-state index contributed by atoms with van der Waals surface area (Å²) in [7, 11) is 0. The molecule has 2 heterocycles. The van der Waals surface area contributed by atoms with Gasteiger partial charge in [0.05, 0.1) is 6.61 Å². The molecule has 116 valence electrons. The molecule has 0 aromatic carbocycles. The molecule has 1 aromatic heterocycles. The molecule has 2 unspecified atom stereocenters. The van der Waals surface area contributed by atoms with Crippen LogP contribution in [0.4, 0.5) is 6.01 Å². The van der Waals surface area contributed by atoms with Crippen molar-refractivity contribution >= 4 is 18.0 Å². The van der Waals surface area contributed by atoms with Crippen LogP contribution in [-0.2, 0) is 9.53 Å². The standard InChI is InChI=1S/C14H20N2O5/c1-3-9-5-6-16(11(7-9)12(17)18)14-15-10(8-21-14)13(19)20-4-2/h8-9,11H,3-7H2,1-2H3,(H,17,18). The van der Waals surface area contributed by atoms with E-state index in [1.807, 2.05) is 0 Å². The van der Waals surface area contributed by atoms with Crippen molar-refractivity contribution in [3.05, 3.63) is 12.0 Å². The van der Waals surface area contributed by atoms with E-state index in [0.29, 0.717) is 18.9 Å². The predicted octanol–water partition coefficient (Wildman–Crippen LogP) is 1.93. The summed E-state index contributed by atoms with van der Waals surface area (Å²) >= 11 is 0. The van der Waals surface area contributed by atoms with Gasteiger partial charge in [0, 0.05) is 6.54 Å². The van der Waals surface area contributed by atoms with Crippen molar-refractivity contribution in [3.63, 3.8) is 0 Å². The number of rotatable bonds is 5. The fraction of sp³-hybridized carbons (Fsp3) is 0.643. The molecule has 0 spiro atoms. The minimum absolute atomic E-state index is 0.0635. The molecule has 1 N–H and O–H groups in total. The molecule has 0 bridgehead atoms. The quantitative estimate of drug-likeness (QED) is 0.830. The topological polar surface area (TPSA) is 92.9 Å². The van der Waals surface area contributed by atoms with Crippen LogP contribution in [0.2, 0.25) is 0 Å². The molecule has 21 heavy (non-hydrogen) atoms. The molecule has 2 rings (SSSR count). The SMILES string of the molecule is CCOC(=O)c1coc(N2CCC(CC)CC2C(=O)O)n1. The van der Waals surface area contributed by atoms with E-state index in [0.717, 1.165) is 12.8 Å². The minimum Gasteiger partial charge on any atom is -0.480 e. The zero-order valence-electron chi connectivity index (χ0n) is 12.2. The highest BCUT2D eigenvalue weighted by Crippen LogP contribution is 2.29. The van der Waals surface area contributed by atoms with E-state index in [2.05, 4.69) is 11.9 Å². The maximum absolute atomic E-state index is 11.6. The van der Waals surface area contributed by atoms with Gasteiger partial charge in [-0.05, 0) is 25.7 Å². The van der Waals surface area contributed by atoms with Crippen molar-refractivity contribution < 1.29 is 23.8 Å². The van der Waals surface area contributed by atoms with Gasteiger partial charge in [-0.2, -0.15) is 4.98 Å². The first-order chi connectivity index (χ1) is 10.1. The third-order valence-electron chi connectivity index (χ3n) is 3.80. The van der Waals surface area contributed by atoms with Gasteiger partial charge in [0.2, 0.25) is 0 Å². The molecule has 0 saturated carbocycles. The van der Waals surface area contributed by atoms with Crippen molar-refractivity contribution in [3.8, 4) is 0 Å². The zero-order chi connectivity index (χ0) is 15.4. The largest absolute Gasteiger partial charge is 0.480 e. The third-order valence-corrected chi connectivity index (χ3v) is 3.80. The Hall–Kier alpha value is -2.05. The lowest BCUT2D eigenvalue weighted by Gasteiger charge is -2.35. The zero-order valence-corrected chi connectivity index (χ0v) is 12.2. The van der Waals surface area contributed by atoms with Crippen molar-refractivity contribution in [2.45, 2.75) is 39.2 Å². The Morgan fingerprint density at radius 2 is 2.29 bits per heavy atom. The van der Waals surface area contributed by atoms with Gasteiger partial charge in [0.15, 0.2) is 5.69 Å². The van der Waals surface area contributed by atoms with Crippen LogP contribution in [0.25, 0.3) is 0 Å². The summed E-state index contributed by atoms with van der Waals surface area (Å²) < 4.78 is 10.1. The summed E-state index contributed by atoms with van der Waals surface area (Å²) in [5.41, 5.74) is 0.0635. The predicted molar refractivity (Wildman–Crippen MR) is 74.2 cm³/mol. The van der Waals surface area contributed by atoms with Gasteiger partial charge in [-0.3, -0.25) is 0 Å². The van der Waals surface area contributed by atoms with Crippen LogP contribution in [0.15, 0.2) is 10.7 Å². The second-order valence-corrected chi connectivity index (χ2v) is 5.08. The number of nitrogens with zero attached hydrogens (tertiary/aromatic N) is 2. The van der Waals surface area contributed by atoms with Gasteiger partial charge in [0.1, 0.15) is 12.3 Å². The Labute approximate surface area is 122 Å². The molecule has 7 heteroatoms. The van der Waals surface area contributed by atoms with E-state index in [9.17, 15) is 14.7 Å². The van der Waals surface area contributed by atoms with Crippen LogP contribution in [0.3, 0.4) is 0 Å². The van der Waals surface area contributed by atoms with E-state index in [1.54, 1.807) is 11.8 Å². The second-order valence-electron chi connectivity index (χ2n) is 5.08. The van der Waals surface area contributed by atoms with E-state index in [1.165, 1.54) is 6.26 Å². The number of esters is 1. The number of piperidine rings is 1. The highest BCUT2D eigenvalue weighted by Gasteiger charge is 2.35. The summed E-state index contributed by atoms with van der Waals surface area (Å²) in [6.07, 6.45) is 3.61. The first kappa shape index (κ1) is 15.3. The van der Waals surface area contributed by atoms with Crippen molar-refractivity contribution in [2.24, 2.45) is 5.92 Å². The molecule has 0 amide bonds. The van der Waals surface area contributed by atoms with Gasteiger partial charge in [0.25, 0.3) is 6.01 Å². The van der Waals surface area contributed by atoms with Crippen LogP contribution in [-0.4, -0.2) is 41.2 Å². The van der Waals surface area contributed by atoms with Gasteiger partial charge in [-0.1, -0.05) is 13.3 Å². The molecule has 1 aromatic rings. The molecular weight excluding hydrogens is 276 g/mol. The normalized spacial score (nSPS) is 22.1. The van der Waals surface area contributed by atoms with Crippen molar-refractivity contribution in [2.75, 3.05) is 18.1 Å². The summed E-state index contributed by atoms with van der Waals surface area (Å²) in [5.74, 6) is -1.08. The van der Waals surface area contributed by atoms with E-state index < -0.39 is 18.0 Å². The van der Waals surface area contributed by atoms with E-state index in [-0.39, 0.29) is 18.3 Å². The van der Waals surface area contributed by atoms with Crippen LogP contribution in [0, 0.1) is 5.92 Å². The van der Waals surface area contributed by atoms with Crippen LogP contribution in [0.1, 0.15) is 43.6 Å². The number of anilines is 1. The molecular formula is C14H20N2O5. The highest BCUT2D eigenvalue weighted by atomic mass is 16.5. The van der Waals surface area contributed by atoms with Gasteiger partial charge in [-0.15, -0.1) is 0 Å². The summed E-state index contributed by atoms with van der Waals surface area (Å²) in [4.78, 5) is 28.7. The molecule has 2 atom stereocenters. The molecule has 0 radical (unpaired) electrons. The number of carboxylic acid groups (broad SMARTS) is 1. The van der Waals surface area contributed by atoms with Crippen molar-refractivity contribution in [1.82, 2.24) is 4.98 Å². The first-order valence-electron chi connectivity index (χ1n) is 7.18. The number of hydrogen-bond acceptors (Lipinski definition) is 6. The van der Waals surface area contributed by atoms with Gasteiger partial charge in [-0.25, -0.2) is 9.59 Å². The smallest absolute Gasteiger partial charge is 0.360 e. The number of oxazole rings is 1. The average molecular weight is 296 g/mol. The van der Waals surface area contributed by atoms with E-state index in [4.69, 9.17) is 9.15 Å². The van der Waals surface area contributed by atoms with Crippen LogP contribution in [0.5, 0.6) is 0 Å². The molecule has 0 aliphatic carbocycles. The lowest BCUT2D eigenvalue weighted by Crippen LogP contribution is -2.47. The first-order valence-corrected chi connectivity index (χ1v) is 7.18. The molecule has 1 fully saturated rings. The number of hydrogen-bond donors (Lipinski definition) is 1. The van der Waals surface area contributed by atoms with E-state index >= 15 is 0 Å². The Bertz CT molecular complexity index is 513. The summed E-state index contributed by atoms with van der Waals surface area (Å²) in [6.45, 7) is 4.57. The summed E-state index contributed by atoms with van der Waals surface area (Å²) in [5, 5.41) is 9.38. The highest BCUT2D eigenvalue weighted by molar-refractivity contribution is 5.87. The van der Waals surface area contributed by atoms with Gasteiger partial charge >= 0.3 is 11.9 Å². The average Bonchev–Trinajstić information content (AvgIpc) is 2.96. The second kappa shape index (κ2) is 6.60. The lowest BCUT2D eigenvalue weighted by atomic mass is 9.89. The summed E-state index contributed by atoms with van der Waals surface area (Å²) in [6, 6.07) is -0.502. The lowest BCUT2D eigenvalue weighted by molar-refractivity contribution is -0.139. The number of ether oxygens (including phenoxy) is 1. The van der Waals surface area contributed by atoms with Gasteiger partial charge < -0.3 is 19.2 Å². The fourth-order valence-corrected chi connectivity index (χ4v) is 2.57. The Morgan fingerprint density at radius 1 is 1.52 bits per heavy atom. The van der Waals surface area contributed by atoms with Crippen LogP contribution >= 0.6 is 0 Å². The maximum Gasteiger partial charge on any atom is 0.360 e. The number of aromatic nitrogens is 1. The molecule has 1 aliphatic heterocycles. The minimum atomic E-state index is -0.899. The number of aliphatic carboxylic acids is 1. The molecule has 1 aliphatic rings. The number of carbonyl (C=O) groups is 2. The maximum atomic E-state index is 11.6. The fourth-order valence-electron chi connectivity index (χ4n) is 2.57. The van der Waals surface area contributed by atoms with Crippen molar-refractivity contribution in [1.29, 1.82) is 0 Å². The van der Waals surface area contributed by atoms with Crippen LogP contribution < -0.4 is 4.90 Å². The third kappa shape index (κ3) is 3.34. The monoisotopic (exact) mass is 296 g/mol. The number of carboxylic acids is 1.